The number of H-pyrrole nitrogens is 1. The maximum atomic E-state index is 4.70. The number of nitrogens with zero attached hydrogens (tertiary/aromatic N) is 5. The fraction of sp³-hybridized carbons (Fsp3) is 0.500. The number of hydrogen-bond acceptors (Lipinski definition) is 6. The van der Waals surface area contributed by atoms with Crippen LogP contribution in [0.5, 0.6) is 0 Å². The molecule has 2 heterocycles. The van der Waals surface area contributed by atoms with Crippen LogP contribution in [0.2, 0.25) is 0 Å². The van der Waals surface area contributed by atoms with Gasteiger partial charge in [-0.05, 0) is 99.6 Å². The predicted octanol–water partition coefficient (Wildman–Crippen LogP) is 4.03. The summed E-state index contributed by atoms with van der Waals surface area (Å²) in [5.74, 6) is 0.713. The molecule has 5 rings (SSSR count). The summed E-state index contributed by atoms with van der Waals surface area (Å²) >= 11 is 1.49. The molecule has 30 heavy (non-hydrogen) atoms. The first kappa shape index (κ1) is 19.6. The Morgan fingerprint density at radius 2 is 1.80 bits per heavy atom. The van der Waals surface area contributed by atoms with Crippen molar-refractivity contribution in [2.45, 2.75) is 61.7 Å². The number of fused-ring (bicyclic) bond motifs is 2. The molecule has 3 aromatic rings. The number of hydrogen-bond donors (Lipinski definition) is 2. The largest absolute Gasteiger partial charge is 0.324 e. The molecule has 8 heteroatoms. The molecule has 1 unspecified atom stereocenters. The van der Waals surface area contributed by atoms with E-state index in [1.807, 2.05) is 11.7 Å². The molecule has 2 aromatic heterocycles. The van der Waals surface area contributed by atoms with Crippen LogP contribution in [0, 0.1) is 0 Å². The lowest BCUT2D eigenvalue weighted by molar-refractivity contribution is 0.307. The van der Waals surface area contributed by atoms with E-state index in [9.17, 15) is 0 Å². The smallest absolute Gasteiger partial charge is 0.224 e. The molecule has 0 bridgehead atoms. The van der Waals surface area contributed by atoms with Crippen LogP contribution in [-0.2, 0) is 32.7 Å². The third-order valence-electron chi connectivity index (χ3n) is 6.47. The molecule has 7 nitrogen and oxygen atoms in total. The van der Waals surface area contributed by atoms with Crippen LogP contribution in [0.1, 0.15) is 53.8 Å². The molecule has 1 aromatic carbocycles. The Kier molecular flexibility index (Phi) is 5.06. The standard InChI is InChI=1S/C22H29N7S/c1-13(28(2)3)18-12-19(27-29(18)4)30-22-24-21(25-26-22)23-20-16-9-5-7-14(16)11-15-8-6-10-17(15)20/h11-13H,5-10H2,1-4H3,(H2,23,24,25,26). The molecule has 0 radical (unpaired) electrons. The van der Waals surface area contributed by atoms with E-state index in [-0.39, 0.29) is 0 Å². The summed E-state index contributed by atoms with van der Waals surface area (Å²) in [6.07, 6.45) is 7.20. The number of rotatable bonds is 6. The van der Waals surface area contributed by atoms with Crippen molar-refractivity contribution in [2.75, 3.05) is 19.4 Å². The highest BCUT2D eigenvalue weighted by Gasteiger charge is 2.24. The zero-order chi connectivity index (χ0) is 20.8. The van der Waals surface area contributed by atoms with Gasteiger partial charge >= 0.3 is 0 Å². The minimum Gasteiger partial charge on any atom is -0.324 e. The van der Waals surface area contributed by atoms with Gasteiger partial charge in [-0.1, -0.05) is 6.07 Å². The molecule has 1 atom stereocenters. The fourth-order valence-corrected chi connectivity index (χ4v) is 5.45. The van der Waals surface area contributed by atoms with Gasteiger partial charge in [0.2, 0.25) is 11.1 Å². The second-order valence-electron chi connectivity index (χ2n) is 8.60. The second kappa shape index (κ2) is 7.74. The molecular weight excluding hydrogens is 394 g/mol. The van der Waals surface area contributed by atoms with E-state index in [0.717, 1.165) is 17.9 Å². The van der Waals surface area contributed by atoms with E-state index >= 15 is 0 Å². The molecule has 0 aliphatic heterocycles. The van der Waals surface area contributed by atoms with Crippen LogP contribution >= 0.6 is 11.8 Å². The Bertz CT molecular complexity index is 1050. The average molecular weight is 424 g/mol. The molecule has 0 saturated heterocycles. The van der Waals surface area contributed by atoms with Gasteiger partial charge in [-0.3, -0.25) is 4.68 Å². The number of benzene rings is 1. The summed E-state index contributed by atoms with van der Waals surface area (Å²) in [4.78, 5) is 6.87. The molecule has 0 fully saturated rings. The number of aromatic amines is 1. The van der Waals surface area contributed by atoms with Crippen molar-refractivity contribution in [3.63, 3.8) is 0 Å². The fourth-order valence-electron chi connectivity index (χ4n) is 4.69. The highest BCUT2D eigenvalue weighted by Crippen LogP contribution is 2.39. The maximum Gasteiger partial charge on any atom is 0.224 e. The van der Waals surface area contributed by atoms with Crippen LogP contribution in [0.25, 0.3) is 0 Å². The molecule has 0 spiro atoms. The normalized spacial score (nSPS) is 16.2. The topological polar surface area (TPSA) is 74.7 Å². The predicted molar refractivity (Wildman–Crippen MR) is 120 cm³/mol. The van der Waals surface area contributed by atoms with Gasteiger partial charge in [0.05, 0.1) is 5.69 Å². The van der Waals surface area contributed by atoms with Crippen molar-refractivity contribution in [1.82, 2.24) is 29.9 Å². The summed E-state index contributed by atoms with van der Waals surface area (Å²) in [5.41, 5.74) is 8.45. The molecule has 2 N–H and O–H groups in total. The maximum absolute atomic E-state index is 4.70. The first-order valence-electron chi connectivity index (χ1n) is 10.7. The van der Waals surface area contributed by atoms with Crippen molar-refractivity contribution in [2.24, 2.45) is 7.05 Å². The van der Waals surface area contributed by atoms with Gasteiger partial charge in [-0.15, -0.1) is 5.10 Å². The highest BCUT2D eigenvalue weighted by molar-refractivity contribution is 7.99. The highest BCUT2D eigenvalue weighted by atomic mass is 32.2. The average Bonchev–Trinajstić information content (AvgIpc) is 3.48. The minimum atomic E-state index is 0.295. The summed E-state index contributed by atoms with van der Waals surface area (Å²) in [6, 6.07) is 4.86. The van der Waals surface area contributed by atoms with Gasteiger partial charge in [-0.25, -0.2) is 5.10 Å². The lowest BCUT2D eigenvalue weighted by Gasteiger charge is -2.19. The Labute approximate surface area is 181 Å². The molecular formula is C22H29N7S. The van der Waals surface area contributed by atoms with Crippen molar-refractivity contribution < 1.29 is 0 Å². The summed E-state index contributed by atoms with van der Waals surface area (Å²) in [6.45, 7) is 2.18. The van der Waals surface area contributed by atoms with Gasteiger partial charge < -0.3 is 10.2 Å². The van der Waals surface area contributed by atoms with Gasteiger partial charge in [0.1, 0.15) is 5.03 Å². The first-order valence-corrected chi connectivity index (χ1v) is 11.6. The zero-order valence-corrected chi connectivity index (χ0v) is 18.9. The quantitative estimate of drug-likeness (QED) is 0.623. The van der Waals surface area contributed by atoms with Crippen molar-refractivity contribution in [3.8, 4) is 0 Å². The van der Waals surface area contributed by atoms with E-state index in [0.29, 0.717) is 17.1 Å². The minimum absolute atomic E-state index is 0.295. The third-order valence-corrected chi connectivity index (χ3v) is 7.25. The Morgan fingerprint density at radius 3 is 2.47 bits per heavy atom. The number of aryl methyl sites for hydroxylation is 3. The van der Waals surface area contributed by atoms with Crippen LogP contribution in [0.3, 0.4) is 0 Å². The van der Waals surface area contributed by atoms with E-state index in [1.165, 1.54) is 71.1 Å². The summed E-state index contributed by atoms with van der Waals surface area (Å²) in [5, 5.41) is 17.3. The lowest BCUT2D eigenvalue weighted by atomic mass is 9.99. The number of anilines is 2. The molecule has 2 aliphatic carbocycles. The summed E-state index contributed by atoms with van der Waals surface area (Å²) < 4.78 is 1.94. The van der Waals surface area contributed by atoms with Gasteiger partial charge in [0.25, 0.3) is 0 Å². The van der Waals surface area contributed by atoms with Crippen LogP contribution in [0.4, 0.5) is 11.6 Å². The molecule has 0 saturated carbocycles. The van der Waals surface area contributed by atoms with Crippen LogP contribution in [-0.4, -0.2) is 44.0 Å². The SMILES string of the molecule is CC(c1cc(Sc2n[nH]c(Nc3c4c(cc5c3CCC5)CCC4)n2)nn1C)N(C)C. The van der Waals surface area contributed by atoms with Crippen molar-refractivity contribution in [3.05, 3.63) is 40.1 Å². The van der Waals surface area contributed by atoms with Crippen molar-refractivity contribution >= 4 is 23.4 Å². The lowest BCUT2D eigenvalue weighted by Crippen LogP contribution is -2.19. The molecule has 158 valence electrons. The number of aromatic nitrogens is 5. The first-order chi connectivity index (χ1) is 14.5. The Balaban J connectivity index is 1.36. The van der Waals surface area contributed by atoms with E-state index in [2.05, 4.69) is 58.7 Å². The van der Waals surface area contributed by atoms with Crippen molar-refractivity contribution in [1.29, 1.82) is 0 Å². The molecule has 0 amide bonds. The van der Waals surface area contributed by atoms with E-state index < -0.39 is 0 Å². The summed E-state index contributed by atoms with van der Waals surface area (Å²) in [7, 11) is 6.14. The monoisotopic (exact) mass is 423 g/mol. The zero-order valence-electron chi connectivity index (χ0n) is 18.1. The number of nitrogens with one attached hydrogen (secondary N) is 2. The van der Waals surface area contributed by atoms with E-state index in [1.54, 1.807) is 0 Å². The van der Waals surface area contributed by atoms with Crippen LogP contribution in [0.15, 0.2) is 22.3 Å². The Morgan fingerprint density at radius 1 is 1.10 bits per heavy atom. The van der Waals surface area contributed by atoms with Gasteiger partial charge in [0.15, 0.2) is 0 Å². The van der Waals surface area contributed by atoms with Gasteiger partial charge in [0, 0.05) is 18.8 Å². The van der Waals surface area contributed by atoms with E-state index in [4.69, 9.17) is 4.98 Å². The third kappa shape index (κ3) is 3.52. The molecule has 2 aliphatic rings. The Hall–Kier alpha value is -2.32. The van der Waals surface area contributed by atoms with Gasteiger partial charge in [-0.2, -0.15) is 10.1 Å². The second-order valence-corrected chi connectivity index (χ2v) is 9.59. The van der Waals surface area contributed by atoms with Crippen LogP contribution < -0.4 is 5.32 Å².